The zero-order chi connectivity index (χ0) is 13.0. The Morgan fingerprint density at radius 3 is 2.61 bits per heavy atom. The minimum Gasteiger partial charge on any atom is -0.351 e. The Morgan fingerprint density at radius 2 is 2.00 bits per heavy atom. The summed E-state index contributed by atoms with van der Waals surface area (Å²) < 4.78 is 1.07. The third-order valence-corrected chi connectivity index (χ3v) is 4.22. The van der Waals surface area contributed by atoms with E-state index >= 15 is 0 Å². The summed E-state index contributed by atoms with van der Waals surface area (Å²) in [5, 5.41) is 4.89. The summed E-state index contributed by atoms with van der Waals surface area (Å²) >= 11 is 4.89. The predicted octanol–water partition coefficient (Wildman–Crippen LogP) is 3.79. The van der Waals surface area contributed by atoms with Crippen LogP contribution in [-0.4, -0.2) is 12.5 Å². The number of hydrogen-bond donors (Lipinski definition) is 1. The molecule has 2 rings (SSSR count). The molecular formula is C14H14BrNOS. The van der Waals surface area contributed by atoms with E-state index in [1.807, 2.05) is 30.5 Å². The van der Waals surface area contributed by atoms with E-state index in [1.54, 1.807) is 0 Å². The molecule has 1 amide bonds. The van der Waals surface area contributed by atoms with E-state index in [1.165, 1.54) is 16.9 Å². The van der Waals surface area contributed by atoms with Gasteiger partial charge in [-0.3, -0.25) is 4.79 Å². The minimum absolute atomic E-state index is 0.0274. The van der Waals surface area contributed by atoms with Gasteiger partial charge in [0.1, 0.15) is 0 Å². The molecule has 0 saturated carbocycles. The Morgan fingerprint density at radius 1 is 1.28 bits per heavy atom. The van der Waals surface area contributed by atoms with E-state index in [9.17, 15) is 4.79 Å². The molecule has 0 radical (unpaired) electrons. The highest BCUT2D eigenvalue weighted by molar-refractivity contribution is 9.10. The first-order valence-electron chi connectivity index (χ1n) is 5.73. The molecule has 0 fully saturated rings. The molecule has 2 nitrogen and oxygen atoms in total. The Kier molecular flexibility index (Phi) is 4.55. The number of rotatable bonds is 4. The zero-order valence-electron chi connectivity index (χ0n) is 10.1. The van der Waals surface area contributed by atoms with Crippen LogP contribution in [0.5, 0.6) is 0 Å². The molecule has 2 aromatic rings. The van der Waals surface area contributed by atoms with Crippen LogP contribution in [0.2, 0.25) is 0 Å². The highest BCUT2D eigenvalue weighted by Gasteiger charge is 2.09. The smallest absolute Gasteiger partial charge is 0.261 e. The van der Waals surface area contributed by atoms with Crippen molar-refractivity contribution in [3.8, 4) is 0 Å². The van der Waals surface area contributed by atoms with Crippen molar-refractivity contribution in [2.75, 3.05) is 6.54 Å². The van der Waals surface area contributed by atoms with Gasteiger partial charge in [0.2, 0.25) is 0 Å². The molecule has 1 aromatic carbocycles. The lowest BCUT2D eigenvalue weighted by atomic mass is 10.1. The van der Waals surface area contributed by atoms with Crippen molar-refractivity contribution in [3.63, 3.8) is 0 Å². The SMILES string of the molecule is Cc1ccsc1C(=O)NCCc1ccc(Br)cc1. The first-order chi connectivity index (χ1) is 8.66. The second-order valence-corrected chi connectivity index (χ2v) is 5.90. The van der Waals surface area contributed by atoms with Crippen molar-refractivity contribution in [2.24, 2.45) is 0 Å². The fourth-order valence-electron chi connectivity index (χ4n) is 1.66. The van der Waals surface area contributed by atoms with Crippen LogP contribution < -0.4 is 5.32 Å². The molecule has 0 unspecified atom stereocenters. The molecule has 0 aliphatic heterocycles. The van der Waals surface area contributed by atoms with E-state index in [0.29, 0.717) is 6.54 Å². The highest BCUT2D eigenvalue weighted by atomic mass is 79.9. The molecule has 0 spiro atoms. The van der Waals surface area contributed by atoms with Gasteiger partial charge >= 0.3 is 0 Å². The number of hydrogen-bond acceptors (Lipinski definition) is 2. The van der Waals surface area contributed by atoms with Crippen LogP contribution in [0, 0.1) is 6.92 Å². The topological polar surface area (TPSA) is 29.1 Å². The summed E-state index contributed by atoms with van der Waals surface area (Å²) in [6, 6.07) is 10.1. The van der Waals surface area contributed by atoms with Gasteiger partial charge in [0.25, 0.3) is 5.91 Å². The van der Waals surface area contributed by atoms with Crippen LogP contribution in [0.25, 0.3) is 0 Å². The fraction of sp³-hybridized carbons (Fsp3) is 0.214. The number of benzene rings is 1. The third kappa shape index (κ3) is 3.43. The van der Waals surface area contributed by atoms with Gasteiger partial charge in [0.15, 0.2) is 0 Å². The molecule has 0 saturated heterocycles. The van der Waals surface area contributed by atoms with Gasteiger partial charge in [-0.2, -0.15) is 0 Å². The predicted molar refractivity (Wildman–Crippen MR) is 79.2 cm³/mol. The summed E-state index contributed by atoms with van der Waals surface area (Å²) in [5.41, 5.74) is 2.27. The normalized spacial score (nSPS) is 10.3. The summed E-state index contributed by atoms with van der Waals surface area (Å²) in [6.07, 6.45) is 0.851. The molecule has 0 aliphatic carbocycles. The Hall–Kier alpha value is -1.13. The fourth-order valence-corrected chi connectivity index (χ4v) is 2.76. The maximum atomic E-state index is 11.9. The van der Waals surface area contributed by atoms with Crippen LogP contribution in [0.15, 0.2) is 40.2 Å². The summed E-state index contributed by atoms with van der Waals surface area (Å²) in [4.78, 5) is 12.7. The lowest BCUT2D eigenvalue weighted by Gasteiger charge is -2.05. The number of halogens is 1. The van der Waals surface area contributed by atoms with Gasteiger partial charge in [0, 0.05) is 11.0 Å². The van der Waals surface area contributed by atoms with Crippen LogP contribution in [0.4, 0.5) is 0 Å². The Balaban J connectivity index is 1.84. The first kappa shape index (κ1) is 13.3. The van der Waals surface area contributed by atoms with Crippen molar-refractivity contribution < 1.29 is 4.79 Å². The number of amides is 1. The molecule has 0 bridgehead atoms. The molecular weight excluding hydrogens is 310 g/mol. The zero-order valence-corrected chi connectivity index (χ0v) is 12.5. The van der Waals surface area contributed by atoms with E-state index in [4.69, 9.17) is 0 Å². The van der Waals surface area contributed by atoms with Crippen molar-refractivity contribution in [3.05, 3.63) is 56.2 Å². The quantitative estimate of drug-likeness (QED) is 0.911. The van der Waals surface area contributed by atoms with Crippen molar-refractivity contribution in [2.45, 2.75) is 13.3 Å². The maximum absolute atomic E-state index is 11.9. The van der Waals surface area contributed by atoms with Gasteiger partial charge in [-0.05, 0) is 48.1 Å². The summed E-state index contributed by atoms with van der Waals surface area (Å²) in [5.74, 6) is 0.0274. The average Bonchev–Trinajstić information content (AvgIpc) is 2.78. The largest absolute Gasteiger partial charge is 0.351 e. The molecule has 1 aromatic heterocycles. The lowest BCUT2D eigenvalue weighted by Crippen LogP contribution is -2.25. The molecule has 94 valence electrons. The lowest BCUT2D eigenvalue weighted by molar-refractivity contribution is 0.0957. The van der Waals surface area contributed by atoms with E-state index in [-0.39, 0.29) is 5.91 Å². The van der Waals surface area contributed by atoms with Crippen LogP contribution in [0.3, 0.4) is 0 Å². The van der Waals surface area contributed by atoms with Gasteiger partial charge < -0.3 is 5.32 Å². The molecule has 1 heterocycles. The first-order valence-corrected chi connectivity index (χ1v) is 7.41. The van der Waals surface area contributed by atoms with Crippen LogP contribution in [-0.2, 0) is 6.42 Å². The minimum atomic E-state index is 0.0274. The molecule has 0 atom stereocenters. The van der Waals surface area contributed by atoms with Crippen molar-refractivity contribution >= 4 is 33.2 Å². The monoisotopic (exact) mass is 323 g/mol. The van der Waals surface area contributed by atoms with Gasteiger partial charge in [0.05, 0.1) is 4.88 Å². The Bertz CT molecular complexity index is 533. The molecule has 18 heavy (non-hydrogen) atoms. The Labute approximate surface area is 119 Å². The second-order valence-electron chi connectivity index (χ2n) is 4.07. The number of nitrogens with one attached hydrogen (secondary N) is 1. The maximum Gasteiger partial charge on any atom is 0.261 e. The van der Waals surface area contributed by atoms with Crippen molar-refractivity contribution in [1.82, 2.24) is 5.32 Å². The van der Waals surface area contributed by atoms with Gasteiger partial charge in [-0.15, -0.1) is 11.3 Å². The van der Waals surface area contributed by atoms with E-state index in [0.717, 1.165) is 21.3 Å². The van der Waals surface area contributed by atoms with E-state index < -0.39 is 0 Å². The van der Waals surface area contributed by atoms with Gasteiger partial charge in [-0.1, -0.05) is 28.1 Å². The van der Waals surface area contributed by atoms with E-state index in [2.05, 4.69) is 33.4 Å². The standard InChI is InChI=1S/C14H14BrNOS/c1-10-7-9-18-13(10)14(17)16-8-6-11-2-4-12(15)5-3-11/h2-5,7,9H,6,8H2,1H3,(H,16,17). The average molecular weight is 324 g/mol. The molecule has 1 N–H and O–H groups in total. The number of thiophene rings is 1. The summed E-state index contributed by atoms with van der Waals surface area (Å²) in [7, 11) is 0. The number of carbonyl (C=O) groups is 1. The second kappa shape index (κ2) is 6.16. The number of aryl methyl sites for hydroxylation is 1. The highest BCUT2D eigenvalue weighted by Crippen LogP contribution is 2.15. The number of carbonyl (C=O) groups excluding carboxylic acids is 1. The van der Waals surface area contributed by atoms with Gasteiger partial charge in [-0.25, -0.2) is 0 Å². The molecule has 4 heteroatoms. The van der Waals surface area contributed by atoms with Crippen molar-refractivity contribution in [1.29, 1.82) is 0 Å². The van der Waals surface area contributed by atoms with Crippen LogP contribution in [0.1, 0.15) is 20.8 Å². The third-order valence-electron chi connectivity index (χ3n) is 2.68. The summed E-state index contributed by atoms with van der Waals surface area (Å²) in [6.45, 7) is 2.62. The van der Waals surface area contributed by atoms with Crippen LogP contribution >= 0.6 is 27.3 Å². The molecule has 0 aliphatic rings.